The lowest BCUT2D eigenvalue weighted by Crippen LogP contribution is -2.07. The maximum atomic E-state index is 11.0. The molecule has 0 fully saturated rings. The summed E-state index contributed by atoms with van der Waals surface area (Å²) < 4.78 is 10.5. The van der Waals surface area contributed by atoms with Gasteiger partial charge in [-0.2, -0.15) is 0 Å². The molecular weight excluding hydrogens is 291 g/mol. The first-order valence-corrected chi connectivity index (χ1v) is 6.17. The van der Waals surface area contributed by atoms with Crippen molar-refractivity contribution >= 4 is 29.2 Å². The molecule has 4 nitrogen and oxygen atoms in total. The Bertz CT molecular complexity index is 606. The van der Waals surface area contributed by atoms with E-state index in [1.54, 1.807) is 31.2 Å². The number of halogens is 2. The van der Waals surface area contributed by atoms with Crippen LogP contribution in [0.4, 0.5) is 0 Å². The van der Waals surface area contributed by atoms with Crippen LogP contribution in [0.5, 0.6) is 5.75 Å². The summed E-state index contributed by atoms with van der Waals surface area (Å²) >= 11 is 11.8. The predicted octanol–water partition coefficient (Wildman–Crippen LogP) is 4.42. The second-order valence-corrected chi connectivity index (χ2v) is 4.69. The highest BCUT2D eigenvalue weighted by Crippen LogP contribution is 2.32. The molecule has 6 heteroatoms. The normalized spacial score (nSPS) is 12.2. The van der Waals surface area contributed by atoms with Crippen LogP contribution in [0.25, 0.3) is 0 Å². The first-order valence-electron chi connectivity index (χ1n) is 5.41. The molecule has 1 aromatic carbocycles. The summed E-state index contributed by atoms with van der Waals surface area (Å²) in [5.74, 6) is -0.855. The van der Waals surface area contributed by atoms with Crippen molar-refractivity contribution in [3.8, 4) is 5.75 Å². The van der Waals surface area contributed by atoms with Crippen molar-refractivity contribution in [2.45, 2.75) is 13.0 Å². The summed E-state index contributed by atoms with van der Waals surface area (Å²) in [5, 5.41) is 9.83. The summed E-state index contributed by atoms with van der Waals surface area (Å²) in [6.45, 7) is 1.71. The summed E-state index contributed by atoms with van der Waals surface area (Å²) in [7, 11) is 0. The smallest absolute Gasteiger partial charge is 0.372 e. The Morgan fingerprint density at radius 3 is 2.74 bits per heavy atom. The summed E-state index contributed by atoms with van der Waals surface area (Å²) in [5.41, 5.74) is 0.443. The van der Waals surface area contributed by atoms with E-state index in [-0.39, 0.29) is 5.76 Å². The Morgan fingerprint density at radius 1 is 1.37 bits per heavy atom. The number of hydrogen-bond acceptors (Lipinski definition) is 3. The van der Waals surface area contributed by atoms with Crippen LogP contribution in [0.3, 0.4) is 0 Å². The van der Waals surface area contributed by atoms with E-state index in [2.05, 4.69) is 0 Å². The van der Waals surface area contributed by atoms with Crippen molar-refractivity contribution < 1.29 is 19.1 Å². The van der Waals surface area contributed by atoms with Crippen LogP contribution in [0, 0.1) is 0 Å². The fourth-order valence-corrected chi connectivity index (χ4v) is 2.09. The van der Waals surface area contributed by atoms with Crippen molar-refractivity contribution in [3.63, 3.8) is 0 Å². The van der Waals surface area contributed by atoms with Gasteiger partial charge in [0.15, 0.2) is 0 Å². The fraction of sp³-hybridized carbons (Fsp3) is 0.154. The molecule has 1 atom stereocenters. The largest absolute Gasteiger partial charge is 0.484 e. The van der Waals surface area contributed by atoms with Crippen LogP contribution in [-0.2, 0) is 0 Å². The molecular formula is C13H10Cl2O4. The zero-order valence-corrected chi connectivity index (χ0v) is 11.4. The number of aromatic carboxylic acids is 1. The van der Waals surface area contributed by atoms with Crippen molar-refractivity contribution in [1.82, 2.24) is 0 Å². The molecule has 0 bridgehead atoms. The summed E-state index contributed by atoms with van der Waals surface area (Å²) in [6.07, 6.45) is 0.797. The van der Waals surface area contributed by atoms with Crippen LogP contribution < -0.4 is 4.74 Å². The van der Waals surface area contributed by atoms with Crippen LogP contribution in [0.1, 0.15) is 29.1 Å². The Morgan fingerprint density at radius 2 is 2.11 bits per heavy atom. The van der Waals surface area contributed by atoms with Gasteiger partial charge in [-0.15, -0.1) is 0 Å². The van der Waals surface area contributed by atoms with Gasteiger partial charge >= 0.3 is 5.97 Å². The number of furan rings is 1. The topological polar surface area (TPSA) is 59.7 Å². The van der Waals surface area contributed by atoms with Crippen molar-refractivity contribution in [3.05, 3.63) is 51.9 Å². The molecule has 1 heterocycles. The van der Waals surface area contributed by atoms with Gasteiger partial charge in [-0.1, -0.05) is 23.2 Å². The lowest BCUT2D eigenvalue weighted by molar-refractivity contribution is 0.0655. The highest BCUT2D eigenvalue weighted by molar-refractivity contribution is 6.35. The third-order valence-corrected chi connectivity index (χ3v) is 3.06. The van der Waals surface area contributed by atoms with Gasteiger partial charge in [-0.05, 0) is 31.2 Å². The maximum absolute atomic E-state index is 11.0. The molecule has 2 rings (SSSR count). The molecule has 0 amide bonds. The van der Waals surface area contributed by atoms with Gasteiger partial charge in [0, 0.05) is 10.6 Å². The van der Waals surface area contributed by atoms with E-state index in [1.165, 1.54) is 6.26 Å². The number of rotatable bonds is 4. The standard InChI is InChI=1S/C13H10Cl2O4/c1-7(9-4-5-18-12(9)13(16)17)19-11-3-2-8(14)6-10(11)15/h2-7H,1H3,(H,16,17). The minimum atomic E-state index is -1.14. The SMILES string of the molecule is CC(Oc1ccc(Cl)cc1Cl)c1ccoc1C(=O)O. The minimum Gasteiger partial charge on any atom is -0.484 e. The molecule has 0 saturated heterocycles. The molecule has 1 N–H and O–H groups in total. The first-order chi connectivity index (χ1) is 8.99. The molecule has 0 aliphatic rings. The summed E-state index contributed by atoms with van der Waals surface area (Å²) in [6, 6.07) is 6.38. The molecule has 0 saturated carbocycles. The number of carboxylic acids is 1. The number of hydrogen-bond donors (Lipinski definition) is 1. The predicted molar refractivity (Wildman–Crippen MR) is 71.2 cm³/mol. The average Bonchev–Trinajstić information content (AvgIpc) is 2.82. The average molecular weight is 301 g/mol. The number of carbonyl (C=O) groups is 1. The van der Waals surface area contributed by atoms with Gasteiger partial charge in [0.2, 0.25) is 5.76 Å². The summed E-state index contributed by atoms with van der Waals surface area (Å²) in [4.78, 5) is 11.0. The van der Waals surface area contributed by atoms with Gasteiger partial charge < -0.3 is 14.3 Å². The van der Waals surface area contributed by atoms with Crippen LogP contribution in [-0.4, -0.2) is 11.1 Å². The molecule has 19 heavy (non-hydrogen) atoms. The van der Waals surface area contributed by atoms with Crippen molar-refractivity contribution in [2.75, 3.05) is 0 Å². The van der Waals surface area contributed by atoms with Crippen LogP contribution >= 0.6 is 23.2 Å². The molecule has 0 aliphatic carbocycles. The Balaban J connectivity index is 2.23. The Labute approximate surface area is 119 Å². The minimum absolute atomic E-state index is 0.141. The number of ether oxygens (including phenoxy) is 1. The van der Waals surface area contributed by atoms with E-state index in [0.717, 1.165) is 0 Å². The first kappa shape index (κ1) is 13.8. The monoisotopic (exact) mass is 300 g/mol. The third kappa shape index (κ3) is 3.03. The molecule has 100 valence electrons. The lowest BCUT2D eigenvalue weighted by atomic mass is 10.1. The van der Waals surface area contributed by atoms with Crippen LogP contribution in [0.15, 0.2) is 34.9 Å². The van der Waals surface area contributed by atoms with E-state index in [4.69, 9.17) is 37.5 Å². The molecule has 0 spiro atoms. The highest BCUT2D eigenvalue weighted by Gasteiger charge is 2.21. The van der Waals surface area contributed by atoms with E-state index >= 15 is 0 Å². The van der Waals surface area contributed by atoms with Crippen LogP contribution in [0.2, 0.25) is 10.0 Å². The van der Waals surface area contributed by atoms with Gasteiger partial charge in [-0.25, -0.2) is 4.79 Å². The Hall–Kier alpha value is -1.65. The molecule has 0 radical (unpaired) electrons. The zero-order chi connectivity index (χ0) is 14.0. The number of benzene rings is 1. The van der Waals surface area contributed by atoms with E-state index in [9.17, 15) is 4.79 Å². The van der Waals surface area contributed by atoms with Gasteiger partial charge in [0.1, 0.15) is 11.9 Å². The number of carboxylic acid groups (broad SMARTS) is 1. The van der Waals surface area contributed by atoms with E-state index < -0.39 is 12.1 Å². The van der Waals surface area contributed by atoms with Crippen molar-refractivity contribution in [2.24, 2.45) is 0 Å². The van der Waals surface area contributed by atoms with E-state index in [1.807, 2.05) is 0 Å². The molecule has 0 aliphatic heterocycles. The lowest BCUT2D eigenvalue weighted by Gasteiger charge is -2.15. The molecule has 1 aromatic heterocycles. The van der Waals surface area contributed by atoms with E-state index in [0.29, 0.717) is 21.4 Å². The van der Waals surface area contributed by atoms with Gasteiger partial charge in [0.25, 0.3) is 0 Å². The fourth-order valence-electron chi connectivity index (χ4n) is 1.64. The van der Waals surface area contributed by atoms with Crippen molar-refractivity contribution in [1.29, 1.82) is 0 Å². The van der Waals surface area contributed by atoms with Gasteiger partial charge in [0.05, 0.1) is 11.3 Å². The highest BCUT2D eigenvalue weighted by atomic mass is 35.5. The second-order valence-electron chi connectivity index (χ2n) is 3.85. The zero-order valence-electron chi connectivity index (χ0n) is 9.89. The quantitative estimate of drug-likeness (QED) is 0.907. The molecule has 2 aromatic rings. The Kier molecular flexibility index (Phi) is 4.02. The maximum Gasteiger partial charge on any atom is 0.372 e. The molecule has 1 unspecified atom stereocenters. The second kappa shape index (κ2) is 5.55. The third-order valence-electron chi connectivity index (χ3n) is 2.53. The van der Waals surface area contributed by atoms with Gasteiger partial charge in [-0.3, -0.25) is 0 Å².